The van der Waals surface area contributed by atoms with Crippen molar-refractivity contribution in [2.24, 2.45) is 5.73 Å². The minimum Gasteiger partial charge on any atom is -0.481 e. The number of rotatable bonds is 4. The van der Waals surface area contributed by atoms with Crippen LogP contribution < -0.4 is 15.4 Å². The summed E-state index contributed by atoms with van der Waals surface area (Å²) in [6, 6.07) is 11.3. The molecule has 0 fully saturated rings. The Hall–Kier alpha value is -2.41. The number of primary amides is 1. The molecule has 2 N–H and O–H groups in total. The molecule has 1 aliphatic heterocycles. The molecule has 2 amide bonds. The van der Waals surface area contributed by atoms with Crippen LogP contribution in [0.15, 0.2) is 46.9 Å². The van der Waals surface area contributed by atoms with Crippen molar-refractivity contribution >= 4 is 33.4 Å². The van der Waals surface area contributed by atoms with E-state index in [1.807, 2.05) is 6.92 Å². The average Bonchev–Trinajstić information content (AvgIpc) is 2.60. The monoisotopic (exact) mass is 420 g/mol. The molecule has 136 valence electrons. The molecule has 2 atom stereocenters. The van der Waals surface area contributed by atoms with Crippen LogP contribution in [0.2, 0.25) is 0 Å². The molecule has 0 radical (unpaired) electrons. The number of amides is 2. The molecular weight excluding hydrogens is 403 g/mol. The highest BCUT2D eigenvalue weighted by Gasteiger charge is 2.36. The van der Waals surface area contributed by atoms with Gasteiger partial charge in [-0.25, -0.2) is 4.39 Å². The number of nitrogens with two attached hydrogens (primary N) is 1. The molecule has 2 aromatic carbocycles. The van der Waals surface area contributed by atoms with Crippen molar-refractivity contribution in [3.05, 3.63) is 58.3 Å². The summed E-state index contributed by atoms with van der Waals surface area (Å²) in [7, 11) is 0. The topological polar surface area (TPSA) is 72.6 Å². The summed E-state index contributed by atoms with van der Waals surface area (Å²) in [5, 5.41) is 0. The Morgan fingerprint density at radius 1 is 1.31 bits per heavy atom. The van der Waals surface area contributed by atoms with Gasteiger partial charge in [0.1, 0.15) is 0 Å². The summed E-state index contributed by atoms with van der Waals surface area (Å²) in [6.07, 6.45) is 0.435. The standard InChI is InChI=1S/C19H18BrFN2O3/c1-11-8-14(19(22)25)13-4-2-3-5-16(13)23(11)18(24)10-26-17-7-6-12(20)9-15(17)21/h2-7,9,11,14H,8,10H2,1H3,(H2,22,25)/t11-,14+/m0/s1. The van der Waals surface area contributed by atoms with Crippen LogP contribution >= 0.6 is 15.9 Å². The van der Waals surface area contributed by atoms with Crippen molar-refractivity contribution in [3.8, 4) is 5.75 Å². The first-order valence-corrected chi connectivity index (χ1v) is 8.96. The molecule has 0 unspecified atom stereocenters. The number of benzene rings is 2. The lowest BCUT2D eigenvalue weighted by molar-refractivity contribution is -0.122. The van der Waals surface area contributed by atoms with Crippen molar-refractivity contribution in [2.75, 3.05) is 11.5 Å². The van der Waals surface area contributed by atoms with Gasteiger partial charge in [-0.15, -0.1) is 0 Å². The van der Waals surface area contributed by atoms with E-state index in [1.54, 1.807) is 35.2 Å². The van der Waals surface area contributed by atoms with Gasteiger partial charge >= 0.3 is 0 Å². The predicted octanol–water partition coefficient (Wildman–Crippen LogP) is 3.36. The molecule has 0 saturated heterocycles. The Bertz CT molecular complexity index is 858. The predicted molar refractivity (Wildman–Crippen MR) is 99.5 cm³/mol. The van der Waals surface area contributed by atoms with Gasteiger partial charge in [0, 0.05) is 16.2 Å². The Morgan fingerprint density at radius 2 is 2.04 bits per heavy atom. The average molecular weight is 421 g/mol. The van der Waals surface area contributed by atoms with Gasteiger partial charge in [0.25, 0.3) is 5.91 Å². The quantitative estimate of drug-likeness (QED) is 0.823. The number of hydrogen-bond acceptors (Lipinski definition) is 3. The van der Waals surface area contributed by atoms with Crippen LogP contribution in [0.3, 0.4) is 0 Å². The Labute approximate surface area is 159 Å². The van der Waals surface area contributed by atoms with Crippen LogP contribution in [0.4, 0.5) is 10.1 Å². The molecular formula is C19H18BrFN2O3. The zero-order chi connectivity index (χ0) is 18.8. The summed E-state index contributed by atoms with van der Waals surface area (Å²) in [4.78, 5) is 26.1. The molecule has 1 heterocycles. The van der Waals surface area contributed by atoms with E-state index in [2.05, 4.69) is 15.9 Å². The van der Waals surface area contributed by atoms with E-state index < -0.39 is 17.6 Å². The lowest BCUT2D eigenvalue weighted by Gasteiger charge is -2.38. The van der Waals surface area contributed by atoms with Crippen molar-refractivity contribution in [2.45, 2.75) is 25.3 Å². The number of ether oxygens (including phenoxy) is 1. The molecule has 0 spiro atoms. The number of halogens is 2. The van der Waals surface area contributed by atoms with Gasteiger partial charge in [-0.3, -0.25) is 9.59 Å². The van der Waals surface area contributed by atoms with Crippen molar-refractivity contribution in [3.63, 3.8) is 0 Å². The summed E-state index contributed by atoms with van der Waals surface area (Å²) in [5.41, 5.74) is 6.88. The fourth-order valence-corrected chi connectivity index (χ4v) is 3.60. The highest BCUT2D eigenvalue weighted by Crippen LogP contribution is 2.38. The number of carbonyl (C=O) groups is 2. The lowest BCUT2D eigenvalue weighted by Crippen LogP contribution is -2.47. The Kier molecular flexibility index (Phi) is 5.27. The molecule has 2 aromatic rings. The van der Waals surface area contributed by atoms with E-state index in [-0.39, 0.29) is 24.3 Å². The molecule has 0 aliphatic carbocycles. The fourth-order valence-electron chi connectivity index (χ4n) is 3.26. The normalized spacial score (nSPS) is 19.0. The minimum absolute atomic E-state index is 0.00881. The zero-order valence-electron chi connectivity index (χ0n) is 14.1. The number of anilines is 1. The second-order valence-electron chi connectivity index (χ2n) is 6.23. The molecule has 3 rings (SSSR count). The van der Waals surface area contributed by atoms with Gasteiger partial charge in [-0.05, 0) is 43.2 Å². The van der Waals surface area contributed by atoms with Gasteiger partial charge < -0.3 is 15.4 Å². The van der Waals surface area contributed by atoms with Gasteiger partial charge in [0.15, 0.2) is 18.2 Å². The maximum Gasteiger partial charge on any atom is 0.265 e. The second-order valence-corrected chi connectivity index (χ2v) is 7.14. The largest absolute Gasteiger partial charge is 0.481 e. The van der Waals surface area contributed by atoms with Crippen LogP contribution in [-0.4, -0.2) is 24.5 Å². The van der Waals surface area contributed by atoms with Crippen LogP contribution in [0.5, 0.6) is 5.75 Å². The number of nitrogens with zero attached hydrogens (tertiary/aromatic N) is 1. The summed E-state index contributed by atoms with van der Waals surface area (Å²) in [6.45, 7) is 1.54. The third kappa shape index (κ3) is 3.58. The van der Waals surface area contributed by atoms with Crippen LogP contribution in [0.25, 0.3) is 0 Å². The molecule has 0 aromatic heterocycles. The SMILES string of the molecule is C[C@H]1C[C@@H](C(N)=O)c2ccccc2N1C(=O)COc1ccc(Br)cc1F. The Morgan fingerprint density at radius 3 is 2.73 bits per heavy atom. The summed E-state index contributed by atoms with van der Waals surface area (Å²) in [5.74, 6) is -1.70. The number of hydrogen-bond donors (Lipinski definition) is 1. The Balaban J connectivity index is 1.82. The second kappa shape index (κ2) is 7.45. The molecule has 0 bridgehead atoms. The van der Waals surface area contributed by atoms with Crippen molar-refractivity contribution in [1.82, 2.24) is 0 Å². The van der Waals surface area contributed by atoms with Crippen molar-refractivity contribution in [1.29, 1.82) is 0 Å². The molecule has 5 nitrogen and oxygen atoms in total. The highest BCUT2D eigenvalue weighted by atomic mass is 79.9. The lowest BCUT2D eigenvalue weighted by atomic mass is 9.85. The van der Waals surface area contributed by atoms with E-state index in [9.17, 15) is 14.0 Å². The molecule has 26 heavy (non-hydrogen) atoms. The van der Waals surface area contributed by atoms with E-state index >= 15 is 0 Å². The van der Waals surface area contributed by atoms with Gasteiger partial charge in [-0.2, -0.15) is 0 Å². The molecule has 0 saturated carbocycles. The minimum atomic E-state index is -0.548. The highest BCUT2D eigenvalue weighted by molar-refractivity contribution is 9.10. The van der Waals surface area contributed by atoms with Crippen LogP contribution in [0.1, 0.15) is 24.8 Å². The van der Waals surface area contributed by atoms with Gasteiger partial charge in [-0.1, -0.05) is 34.1 Å². The van der Waals surface area contributed by atoms with Gasteiger partial charge in [0.2, 0.25) is 5.91 Å². The first-order valence-electron chi connectivity index (χ1n) is 8.16. The smallest absolute Gasteiger partial charge is 0.265 e. The summed E-state index contributed by atoms with van der Waals surface area (Å²) >= 11 is 3.17. The third-order valence-corrected chi connectivity index (χ3v) is 4.94. The summed E-state index contributed by atoms with van der Waals surface area (Å²) < 4.78 is 19.8. The fraction of sp³-hybridized carbons (Fsp3) is 0.263. The molecule has 1 aliphatic rings. The van der Waals surface area contributed by atoms with E-state index in [4.69, 9.17) is 10.5 Å². The first kappa shape index (κ1) is 18.4. The number of para-hydroxylation sites is 1. The third-order valence-electron chi connectivity index (χ3n) is 4.45. The van der Waals surface area contributed by atoms with E-state index in [0.29, 0.717) is 16.6 Å². The maximum absolute atomic E-state index is 13.9. The molecule has 7 heteroatoms. The first-order chi connectivity index (χ1) is 12.4. The van der Waals surface area contributed by atoms with Gasteiger partial charge in [0.05, 0.1) is 5.92 Å². The zero-order valence-corrected chi connectivity index (χ0v) is 15.7. The van der Waals surface area contributed by atoms with E-state index in [1.165, 1.54) is 12.1 Å². The maximum atomic E-state index is 13.9. The number of carbonyl (C=O) groups excluding carboxylic acids is 2. The van der Waals surface area contributed by atoms with Crippen molar-refractivity contribution < 1.29 is 18.7 Å². The number of fused-ring (bicyclic) bond motifs is 1. The van der Waals surface area contributed by atoms with Crippen LogP contribution in [-0.2, 0) is 9.59 Å². The van der Waals surface area contributed by atoms with E-state index in [0.717, 1.165) is 5.56 Å². The van der Waals surface area contributed by atoms with Crippen LogP contribution in [0, 0.1) is 5.82 Å².